The summed E-state index contributed by atoms with van der Waals surface area (Å²) in [5.41, 5.74) is 5.34. The summed E-state index contributed by atoms with van der Waals surface area (Å²) in [4.78, 5) is 21.1. The number of allylic oxidation sites excluding steroid dienone is 1. The highest BCUT2D eigenvalue weighted by atomic mass is 16.4. The summed E-state index contributed by atoms with van der Waals surface area (Å²) in [6.45, 7) is 0. The molecule has 3 aliphatic rings. The van der Waals surface area contributed by atoms with Crippen molar-refractivity contribution in [3.8, 4) is 0 Å². The number of amidine groups is 1. The maximum absolute atomic E-state index is 11.4. The molecule has 0 bridgehead atoms. The molecule has 0 saturated heterocycles. The molecule has 2 aliphatic carbocycles. The number of carboxylic acids is 1. The van der Waals surface area contributed by atoms with Crippen molar-refractivity contribution in [3.05, 3.63) is 77.4 Å². The van der Waals surface area contributed by atoms with Gasteiger partial charge in [-0.1, -0.05) is 48.5 Å². The van der Waals surface area contributed by atoms with Crippen LogP contribution >= 0.6 is 0 Å². The number of anilines is 1. The summed E-state index contributed by atoms with van der Waals surface area (Å²) in [5, 5.41) is 12.9. The summed E-state index contributed by atoms with van der Waals surface area (Å²) in [5.74, 6) is -0.0927. The molecule has 1 saturated carbocycles. The lowest BCUT2D eigenvalue weighted by Crippen LogP contribution is -2.31. The highest BCUT2D eigenvalue weighted by Gasteiger charge is 2.37. The lowest BCUT2D eigenvalue weighted by molar-refractivity contribution is -0.145. The minimum atomic E-state index is -0.694. The lowest BCUT2D eigenvalue weighted by Gasteiger charge is -2.34. The van der Waals surface area contributed by atoms with Gasteiger partial charge in [0.05, 0.1) is 11.6 Å². The number of nitrogens with zero attached hydrogens (tertiary/aromatic N) is 2. The van der Waals surface area contributed by atoms with Crippen molar-refractivity contribution in [2.24, 2.45) is 15.9 Å². The zero-order valence-corrected chi connectivity index (χ0v) is 16.1. The van der Waals surface area contributed by atoms with Crippen LogP contribution in [0, 0.1) is 5.92 Å². The van der Waals surface area contributed by atoms with Gasteiger partial charge in [-0.05, 0) is 49.3 Å². The average molecular weight is 385 g/mol. The Labute approximate surface area is 169 Å². The van der Waals surface area contributed by atoms with E-state index in [4.69, 9.17) is 9.98 Å². The number of rotatable bonds is 5. The summed E-state index contributed by atoms with van der Waals surface area (Å²) < 4.78 is 0. The largest absolute Gasteiger partial charge is 0.481 e. The molecule has 1 fully saturated rings. The number of aliphatic imine (C=N–C) groups is 2. The van der Waals surface area contributed by atoms with Crippen molar-refractivity contribution in [2.45, 2.75) is 37.8 Å². The van der Waals surface area contributed by atoms with Crippen LogP contribution in [-0.4, -0.2) is 28.8 Å². The number of nitrogens with one attached hydrogen (secondary N) is 1. The molecule has 3 atom stereocenters. The Balaban J connectivity index is 1.42. The van der Waals surface area contributed by atoms with Crippen LogP contribution in [0.25, 0.3) is 0 Å². The number of hydrogen-bond acceptors (Lipinski definition) is 4. The highest BCUT2D eigenvalue weighted by Crippen LogP contribution is 2.43. The number of carbonyl (C=O) groups is 1. The first-order chi connectivity index (χ1) is 14.2. The molecule has 5 nitrogen and oxygen atoms in total. The van der Waals surface area contributed by atoms with E-state index in [9.17, 15) is 9.90 Å². The Kier molecular flexibility index (Phi) is 4.51. The van der Waals surface area contributed by atoms with E-state index in [2.05, 4.69) is 17.5 Å². The van der Waals surface area contributed by atoms with Crippen molar-refractivity contribution in [1.82, 2.24) is 0 Å². The van der Waals surface area contributed by atoms with E-state index in [1.165, 1.54) is 0 Å². The van der Waals surface area contributed by atoms with Crippen molar-refractivity contribution in [1.29, 1.82) is 0 Å². The number of aliphatic carboxylic acids is 1. The molecule has 0 spiro atoms. The normalized spacial score (nSPS) is 25.2. The minimum absolute atomic E-state index is 0.104. The molecular formula is C24H23N3O2. The highest BCUT2D eigenvalue weighted by molar-refractivity contribution is 6.16. The van der Waals surface area contributed by atoms with E-state index in [0.717, 1.165) is 59.6 Å². The quantitative estimate of drug-likeness (QED) is 0.788. The van der Waals surface area contributed by atoms with Gasteiger partial charge < -0.3 is 10.4 Å². The first-order valence-electron chi connectivity index (χ1n) is 10.2. The molecule has 2 aromatic carbocycles. The third kappa shape index (κ3) is 3.37. The molecule has 3 unspecified atom stereocenters. The Bertz CT molecular complexity index is 1040. The topological polar surface area (TPSA) is 74.0 Å². The maximum Gasteiger partial charge on any atom is 0.307 e. The summed E-state index contributed by atoms with van der Waals surface area (Å²) in [7, 11) is 0. The molecule has 0 radical (unpaired) electrons. The molecule has 2 aromatic rings. The van der Waals surface area contributed by atoms with Crippen molar-refractivity contribution >= 4 is 23.2 Å². The van der Waals surface area contributed by atoms with E-state index in [1.807, 2.05) is 48.5 Å². The second kappa shape index (κ2) is 7.32. The van der Waals surface area contributed by atoms with Crippen LogP contribution in [0.3, 0.4) is 0 Å². The number of carboxylic acid groups (broad SMARTS) is 1. The lowest BCUT2D eigenvalue weighted by atomic mass is 9.70. The standard InChI is InChI=1S/C24H23N3O2/c28-24(29)19-13-12-18(19)16-8-4-9-17(14-16)25-23-20-10-5-11-21(20)26-22(27-23)15-6-2-1-3-7-15/h1-4,6-10,14,18-19,23,25H,5,11-13H2,(H,28,29). The Morgan fingerprint density at radius 3 is 2.69 bits per heavy atom. The van der Waals surface area contributed by atoms with Gasteiger partial charge in [-0.2, -0.15) is 0 Å². The van der Waals surface area contributed by atoms with Crippen LogP contribution < -0.4 is 5.32 Å². The number of fused-ring (bicyclic) bond motifs is 1. The van der Waals surface area contributed by atoms with Gasteiger partial charge in [-0.15, -0.1) is 0 Å². The van der Waals surface area contributed by atoms with Crippen molar-refractivity contribution in [2.75, 3.05) is 5.32 Å². The monoisotopic (exact) mass is 385 g/mol. The smallest absolute Gasteiger partial charge is 0.307 e. The summed E-state index contributed by atoms with van der Waals surface area (Å²) >= 11 is 0. The maximum atomic E-state index is 11.4. The predicted octanol–water partition coefficient (Wildman–Crippen LogP) is 4.62. The van der Waals surface area contributed by atoms with Gasteiger partial charge in [0.15, 0.2) is 5.84 Å². The molecule has 0 aromatic heterocycles. The Morgan fingerprint density at radius 1 is 1.07 bits per heavy atom. The number of benzene rings is 2. The van der Waals surface area contributed by atoms with Gasteiger partial charge in [0, 0.05) is 16.8 Å². The van der Waals surface area contributed by atoms with Gasteiger partial charge in [0.1, 0.15) is 6.17 Å². The van der Waals surface area contributed by atoms with E-state index in [-0.39, 0.29) is 18.0 Å². The molecule has 2 N–H and O–H groups in total. The SMILES string of the molecule is O=C(O)C1CCC1c1cccc(NC2N=C(c3ccccc3)N=C3CCC=C32)c1. The van der Waals surface area contributed by atoms with Crippen molar-refractivity contribution in [3.63, 3.8) is 0 Å². The molecule has 146 valence electrons. The van der Waals surface area contributed by atoms with E-state index < -0.39 is 5.97 Å². The molecule has 5 heteroatoms. The molecule has 5 rings (SSSR count). The van der Waals surface area contributed by atoms with Gasteiger partial charge in [0.25, 0.3) is 0 Å². The average Bonchev–Trinajstić information content (AvgIpc) is 3.17. The summed E-state index contributed by atoms with van der Waals surface area (Å²) in [6, 6.07) is 18.2. The summed E-state index contributed by atoms with van der Waals surface area (Å²) in [6.07, 6.45) is 5.68. The molecular weight excluding hydrogens is 362 g/mol. The van der Waals surface area contributed by atoms with Crippen LogP contribution in [0.15, 0.2) is 76.2 Å². The second-order valence-electron chi connectivity index (χ2n) is 7.88. The molecule has 29 heavy (non-hydrogen) atoms. The third-order valence-electron chi connectivity index (χ3n) is 6.11. The third-order valence-corrected chi connectivity index (χ3v) is 6.11. The van der Waals surface area contributed by atoms with E-state index >= 15 is 0 Å². The number of hydrogen-bond donors (Lipinski definition) is 2. The fraction of sp³-hybridized carbons (Fsp3) is 0.292. The Hall–Kier alpha value is -3.21. The Morgan fingerprint density at radius 2 is 1.93 bits per heavy atom. The van der Waals surface area contributed by atoms with Gasteiger partial charge in [-0.25, -0.2) is 9.98 Å². The van der Waals surface area contributed by atoms with Crippen LogP contribution in [-0.2, 0) is 4.79 Å². The fourth-order valence-corrected chi connectivity index (χ4v) is 4.41. The van der Waals surface area contributed by atoms with Gasteiger partial charge >= 0.3 is 5.97 Å². The van der Waals surface area contributed by atoms with Crippen LogP contribution in [0.2, 0.25) is 0 Å². The van der Waals surface area contributed by atoms with Crippen LogP contribution in [0.4, 0.5) is 5.69 Å². The fourth-order valence-electron chi connectivity index (χ4n) is 4.41. The second-order valence-corrected chi connectivity index (χ2v) is 7.88. The molecule has 1 heterocycles. The first kappa shape index (κ1) is 17.9. The minimum Gasteiger partial charge on any atom is -0.481 e. The van der Waals surface area contributed by atoms with E-state index in [0.29, 0.717) is 0 Å². The predicted molar refractivity (Wildman–Crippen MR) is 115 cm³/mol. The molecule has 1 aliphatic heterocycles. The van der Waals surface area contributed by atoms with Crippen LogP contribution in [0.5, 0.6) is 0 Å². The molecule has 0 amide bonds. The zero-order chi connectivity index (χ0) is 19.8. The van der Waals surface area contributed by atoms with Crippen molar-refractivity contribution < 1.29 is 9.90 Å². The van der Waals surface area contributed by atoms with Gasteiger partial charge in [0.2, 0.25) is 0 Å². The first-order valence-corrected chi connectivity index (χ1v) is 10.2. The zero-order valence-electron chi connectivity index (χ0n) is 16.1. The van der Waals surface area contributed by atoms with Gasteiger partial charge in [-0.3, -0.25) is 4.79 Å². The van der Waals surface area contributed by atoms with Crippen LogP contribution in [0.1, 0.15) is 42.7 Å². The van der Waals surface area contributed by atoms with E-state index in [1.54, 1.807) is 0 Å².